The summed E-state index contributed by atoms with van der Waals surface area (Å²) in [7, 11) is 0. The van der Waals surface area contributed by atoms with Gasteiger partial charge in [-0.25, -0.2) is 4.98 Å². The van der Waals surface area contributed by atoms with Gasteiger partial charge in [0.05, 0.1) is 38.8 Å². The van der Waals surface area contributed by atoms with E-state index >= 15 is 0 Å². The molecule has 0 unspecified atom stereocenters. The van der Waals surface area contributed by atoms with Crippen molar-refractivity contribution in [3.05, 3.63) is 182 Å². The minimum absolute atomic E-state index is 0.563. The van der Waals surface area contributed by atoms with Gasteiger partial charge in [-0.3, -0.25) is 4.57 Å². The fourth-order valence-corrected chi connectivity index (χ4v) is 9.45. The number of hydrogen-bond donors (Lipinski definition) is 0. The standard InChI is InChI=1S/C52H30N4O/c1-2-14-32-29-34(26-25-31(32)13-1)49-48-41-21-9-12-24-46(41)57-51(48)54-52(53-49)56-43-23-11-8-20-40(43)47-44(56)28-27-39-38-19-7-10-22-42(38)55(50(39)47)45-30-33-15-3-4-16-35(33)36-17-5-6-18-37(36)45/h1-30H. The van der Waals surface area contributed by atoms with Crippen LogP contribution < -0.4 is 0 Å². The lowest BCUT2D eigenvalue weighted by atomic mass is 10.00. The number of rotatable bonds is 3. The van der Waals surface area contributed by atoms with Crippen LogP contribution in [0.25, 0.3) is 121 Å². The van der Waals surface area contributed by atoms with Crippen molar-refractivity contribution in [3.8, 4) is 22.9 Å². The molecule has 13 rings (SSSR count). The molecule has 0 atom stereocenters. The fraction of sp³-hybridized carbons (Fsp3) is 0. The van der Waals surface area contributed by atoms with Crippen LogP contribution in [0.5, 0.6) is 0 Å². The Labute approximate surface area is 325 Å². The van der Waals surface area contributed by atoms with Crippen LogP contribution in [0.3, 0.4) is 0 Å². The summed E-state index contributed by atoms with van der Waals surface area (Å²) < 4.78 is 11.3. The molecule has 0 aliphatic carbocycles. The highest BCUT2D eigenvalue weighted by atomic mass is 16.3. The van der Waals surface area contributed by atoms with Gasteiger partial charge >= 0.3 is 0 Å². The number of hydrogen-bond acceptors (Lipinski definition) is 3. The third kappa shape index (κ3) is 4.23. The Morgan fingerprint density at radius 3 is 1.88 bits per heavy atom. The molecule has 264 valence electrons. The van der Waals surface area contributed by atoms with Gasteiger partial charge in [0.15, 0.2) is 0 Å². The van der Waals surface area contributed by atoms with Gasteiger partial charge in [0, 0.05) is 37.9 Å². The topological polar surface area (TPSA) is 48.8 Å². The lowest BCUT2D eigenvalue weighted by Gasteiger charge is -2.15. The van der Waals surface area contributed by atoms with Crippen molar-refractivity contribution < 1.29 is 4.42 Å². The van der Waals surface area contributed by atoms with E-state index in [0.717, 1.165) is 71.5 Å². The molecule has 0 saturated carbocycles. The second kappa shape index (κ2) is 11.4. The molecule has 9 aromatic carbocycles. The molecule has 5 nitrogen and oxygen atoms in total. The summed E-state index contributed by atoms with van der Waals surface area (Å²) in [6.45, 7) is 0. The van der Waals surface area contributed by atoms with E-state index in [9.17, 15) is 0 Å². The number of furan rings is 1. The molecule has 13 aromatic rings. The van der Waals surface area contributed by atoms with Crippen LogP contribution in [0.2, 0.25) is 0 Å². The molecule has 5 heteroatoms. The molecule has 0 bridgehead atoms. The average molecular weight is 727 g/mol. The first-order valence-electron chi connectivity index (χ1n) is 19.3. The smallest absolute Gasteiger partial charge is 0.238 e. The van der Waals surface area contributed by atoms with E-state index in [2.05, 4.69) is 173 Å². The van der Waals surface area contributed by atoms with E-state index in [1.54, 1.807) is 0 Å². The molecule has 4 aromatic heterocycles. The van der Waals surface area contributed by atoms with Crippen molar-refractivity contribution in [2.45, 2.75) is 0 Å². The first kappa shape index (κ1) is 30.6. The van der Waals surface area contributed by atoms with Crippen molar-refractivity contribution in [1.29, 1.82) is 0 Å². The maximum atomic E-state index is 6.56. The molecule has 57 heavy (non-hydrogen) atoms. The predicted molar refractivity (Wildman–Crippen MR) is 236 cm³/mol. The summed E-state index contributed by atoms with van der Waals surface area (Å²) in [6, 6.07) is 65.0. The molecule has 4 heterocycles. The van der Waals surface area contributed by atoms with Gasteiger partial charge in [-0.15, -0.1) is 0 Å². The molecule has 0 fully saturated rings. The van der Waals surface area contributed by atoms with Crippen molar-refractivity contribution >= 4 is 98.0 Å². The third-order valence-corrected chi connectivity index (χ3v) is 11.9. The highest BCUT2D eigenvalue weighted by Crippen LogP contribution is 2.44. The van der Waals surface area contributed by atoms with E-state index in [0.29, 0.717) is 11.7 Å². The lowest BCUT2D eigenvalue weighted by Crippen LogP contribution is -2.03. The lowest BCUT2D eigenvalue weighted by molar-refractivity contribution is 0.651. The monoisotopic (exact) mass is 726 g/mol. The quantitative estimate of drug-likeness (QED) is 0.170. The summed E-state index contributed by atoms with van der Waals surface area (Å²) in [5, 5.41) is 13.8. The Balaban J connectivity index is 1.18. The molecule has 0 N–H and O–H groups in total. The van der Waals surface area contributed by atoms with Crippen molar-refractivity contribution in [1.82, 2.24) is 19.1 Å². The Morgan fingerprint density at radius 1 is 0.386 bits per heavy atom. The summed E-state index contributed by atoms with van der Waals surface area (Å²) in [6.07, 6.45) is 0. The van der Waals surface area contributed by atoms with Gasteiger partial charge in [0.1, 0.15) is 5.58 Å². The number of nitrogens with zero attached hydrogens (tertiary/aromatic N) is 4. The van der Waals surface area contributed by atoms with Crippen LogP contribution in [-0.4, -0.2) is 19.1 Å². The number of benzene rings is 9. The first-order chi connectivity index (χ1) is 28.3. The summed E-state index contributed by atoms with van der Waals surface area (Å²) in [5.74, 6) is 0.564. The van der Waals surface area contributed by atoms with Gasteiger partial charge in [-0.1, -0.05) is 146 Å². The first-order valence-corrected chi connectivity index (χ1v) is 19.3. The summed E-state index contributed by atoms with van der Waals surface area (Å²) in [5.41, 5.74) is 8.73. The minimum Gasteiger partial charge on any atom is -0.437 e. The zero-order chi connectivity index (χ0) is 37.2. The maximum Gasteiger partial charge on any atom is 0.238 e. The number of para-hydroxylation sites is 3. The highest BCUT2D eigenvalue weighted by Gasteiger charge is 2.25. The van der Waals surface area contributed by atoms with Crippen LogP contribution in [0, 0.1) is 0 Å². The Bertz CT molecular complexity index is 3830. The minimum atomic E-state index is 0.563. The molecule has 0 aliphatic rings. The van der Waals surface area contributed by atoms with Gasteiger partial charge in [0.25, 0.3) is 0 Å². The Kier molecular flexibility index (Phi) is 6.10. The van der Waals surface area contributed by atoms with Gasteiger partial charge in [0.2, 0.25) is 11.7 Å². The van der Waals surface area contributed by atoms with E-state index in [1.807, 2.05) is 18.2 Å². The van der Waals surface area contributed by atoms with E-state index in [-0.39, 0.29) is 0 Å². The molecule has 0 amide bonds. The number of fused-ring (bicyclic) bond motifs is 14. The highest BCUT2D eigenvalue weighted by molar-refractivity contribution is 6.27. The zero-order valence-electron chi connectivity index (χ0n) is 30.5. The molecule has 0 aliphatic heterocycles. The van der Waals surface area contributed by atoms with E-state index in [4.69, 9.17) is 14.4 Å². The average Bonchev–Trinajstić information content (AvgIpc) is 3.93. The normalized spacial score (nSPS) is 12.2. The second-order valence-corrected chi connectivity index (χ2v) is 14.9. The van der Waals surface area contributed by atoms with Gasteiger partial charge < -0.3 is 8.98 Å². The van der Waals surface area contributed by atoms with E-state index in [1.165, 1.54) is 37.7 Å². The van der Waals surface area contributed by atoms with Gasteiger partial charge in [-0.05, 0) is 63.3 Å². The van der Waals surface area contributed by atoms with Crippen LogP contribution in [0.15, 0.2) is 186 Å². The number of aromatic nitrogens is 4. The van der Waals surface area contributed by atoms with Crippen LogP contribution >= 0.6 is 0 Å². The Morgan fingerprint density at radius 2 is 1.04 bits per heavy atom. The summed E-state index contributed by atoms with van der Waals surface area (Å²) in [4.78, 5) is 10.8. The van der Waals surface area contributed by atoms with Crippen LogP contribution in [0.4, 0.5) is 0 Å². The predicted octanol–water partition coefficient (Wildman–Crippen LogP) is 13.7. The zero-order valence-corrected chi connectivity index (χ0v) is 30.5. The van der Waals surface area contributed by atoms with Crippen LogP contribution in [0.1, 0.15) is 0 Å². The van der Waals surface area contributed by atoms with Crippen molar-refractivity contribution in [2.75, 3.05) is 0 Å². The molecule has 0 radical (unpaired) electrons. The molecule has 0 saturated heterocycles. The van der Waals surface area contributed by atoms with Crippen molar-refractivity contribution in [3.63, 3.8) is 0 Å². The van der Waals surface area contributed by atoms with E-state index < -0.39 is 0 Å². The largest absolute Gasteiger partial charge is 0.437 e. The van der Waals surface area contributed by atoms with Crippen molar-refractivity contribution in [2.24, 2.45) is 0 Å². The fourth-order valence-electron chi connectivity index (χ4n) is 9.45. The van der Waals surface area contributed by atoms with Crippen LogP contribution in [-0.2, 0) is 0 Å². The SMILES string of the molecule is c1ccc2cc(-c3nc(-n4c5ccccc5c5c4ccc4c6ccccc6n(-c6cc7ccccc7c7ccccc67)c45)nc4oc5ccccc5c34)ccc2c1. The molecular weight excluding hydrogens is 697 g/mol. The molecular formula is C52H30N4O. The second-order valence-electron chi connectivity index (χ2n) is 14.9. The Hall–Kier alpha value is -7.76. The maximum absolute atomic E-state index is 6.56. The third-order valence-electron chi connectivity index (χ3n) is 11.9. The summed E-state index contributed by atoms with van der Waals surface area (Å²) >= 11 is 0. The molecule has 0 spiro atoms. The van der Waals surface area contributed by atoms with Gasteiger partial charge in [-0.2, -0.15) is 4.98 Å².